The molecule has 0 radical (unpaired) electrons. The lowest BCUT2D eigenvalue weighted by atomic mass is 10.2. The Bertz CT molecular complexity index is 426. The van der Waals surface area contributed by atoms with Crippen LogP contribution >= 0.6 is 22.6 Å². The van der Waals surface area contributed by atoms with Crippen LogP contribution in [-0.4, -0.2) is 17.6 Å². The van der Waals surface area contributed by atoms with Crippen molar-refractivity contribution >= 4 is 28.6 Å². The van der Waals surface area contributed by atoms with Crippen molar-refractivity contribution in [3.63, 3.8) is 0 Å². The summed E-state index contributed by atoms with van der Waals surface area (Å²) in [7, 11) is 0. The molecule has 0 saturated heterocycles. The van der Waals surface area contributed by atoms with Gasteiger partial charge in [-0.25, -0.2) is 13.2 Å². The summed E-state index contributed by atoms with van der Waals surface area (Å²) in [4.78, 5) is 14.8. The Labute approximate surface area is 110 Å². The number of nitrogens with zero attached hydrogens (tertiary/aromatic N) is 1. The third-order valence-electron chi connectivity index (χ3n) is 1.91. The number of carbonyl (C=O) groups excluding carboxylic acids is 1. The van der Waals surface area contributed by atoms with Crippen LogP contribution in [0.15, 0.2) is 6.20 Å². The van der Waals surface area contributed by atoms with Gasteiger partial charge in [-0.05, 0) is 29.5 Å². The SMILES string of the molecule is CCOC(=O)Cc1ncc(C(F)F)c(F)c1I. The maximum atomic E-state index is 13.5. The molecule has 1 heterocycles. The summed E-state index contributed by atoms with van der Waals surface area (Å²) < 4.78 is 42.8. The number of hydrogen-bond acceptors (Lipinski definition) is 3. The van der Waals surface area contributed by atoms with E-state index in [1.165, 1.54) is 0 Å². The van der Waals surface area contributed by atoms with Crippen LogP contribution in [-0.2, 0) is 16.0 Å². The number of pyridine rings is 1. The second-order valence-electron chi connectivity index (χ2n) is 3.07. The van der Waals surface area contributed by atoms with Gasteiger partial charge in [0.25, 0.3) is 6.43 Å². The zero-order valence-electron chi connectivity index (χ0n) is 8.84. The number of esters is 1. The molecular weight excluding hydrogens is 350 g/mol. The van der Waals surface area contributed by atoms with E-state index in [-0.39, 0.29) is 22.3 Å². The number of alkyl halides is 2. The van der Waals surface area contributed by atoms with Crippen LogP contribution in [0.4, 0.5) is 13.2 Å². The Kier molecular flexibility index (Phi) is 5.16. The Morgan fingerprint density at radius 2 is 2.24 bits per heavy atom. The van der Waals surface area contributed by atoms with E-state index in [4.69, 9.17) is 0 Å². The van der Waals surface area contributed by atoms with E-state index in [1.807, 2.05) is 0 Å². The number of halogens is 4. The van der Waals surface area contributed by atoms with Crippen molar-refractivity contribution in [3.8, 4) is 0 Å². The van der Waals surface area contributed by atoms with E-state index < -0.39 is 23.8 Å². The van der Waals surface area contributed by atoms with E-state index in [1.54, 1.807) is 29.5 Å². The standard InChI is InChI=1S/C10H9F3INO2/c1-2-17-7(16)3-6-9(14)8(11)5(4-15-6)10(12)13/h4,10H,2-3H2,1H3. The molecule has 0 aliphatic heterocycles. The van der Waals surface area contributed by atoms with Crippen molar-refractivity contribution in [2.24, 2.45) is 0 Å². The third-order valence-corrected chi connectivity index (χ3v) is 3.01. The Morgan fingerprint density at radius 3 is 2.76 bits per heavy atom. The molecule has 0 amide bonds. The number of rotatable bonds is 4. The average Bonchev–Trinajstić information content (AvgIpc) is 2.25. The first-order valence-corrected chi connectivity index (χ1v) is 5.81. The predicted octanol–water partition coefficient (Wildman–Crippen LogP) is 2.87. The number of aromatic nitrogens is 1. The fourth-order valence-corrected chi connectivity index (χ4v) is 1.78. The smallest absolute Gasteiger partial charge is 0.311 e. The molecule has 0 unspecified atom stereocenters. The van der Waals surface area contributed by atoms with Crippen molar-refractivity contribution in [2.75, 3.05) is 6.61 Å². The molecule has 0 aromatic carbocycles. The highest BCUT2D eigenvalue weighted by molar-refractivity contribution is 14.1. The Morgan fingerprint density at radius 1 is 1.59 bits per heavy atom. The first-order valence-electron chi connectivity index (χ1n) is 4.73. The lowest BCUT2D eigenvalue weighted by Gasteiger charge is -2.07. The third kappa shape index (κ3) is 3.55. The van der Waals surface area contributed by atoms with Gasteiger partial charge in [-0.1, -0.05) is 0 Å². The van der Waals surface area contributed by atoms with Crippen LogP contribution in [0.3, 0.4) is 0 Å². The van der Waals surface area contributed by atoms with Crippen molar-refractivity contribution in [1.29, 1.82) is 0 Å². The van der Waals surface area contributed by atoms with Crippen LogP contribution in [0, 0.1) is 9.39 Å². The summed E-state index contributed by atoms with van der Waals surface area (Å²) >= 11 is 1.55. The van der Waals surface area contributed by atoms with Gasteiger partial charge in [-0.15, -0.1) is 0 Å². The monoisotopic (exact) mass is 359 g/mol. The molecule has 17 heavy (non-hydrogen) atoms. The van der Waals surface area contributed by atoms with Crippen LogP contribution in [0.5, 0.6) is 0 Å². The highest BCUT2D eigenvalue weighted by Crippen LogP contribution is 2.26. The van der Waals surface area contributed by atoms with Crippen molar-refractivity contribution < 1.29 is 22.7 Å². The second kappa shape index (κ2) is 6.18. The summed E-state index contributed by atoms with van der Waals surface area (Å²) in [6, 6.07) is 0. The van der Waals surface area contributed by atoms with Gasteiger partial charge in [-0.2, -0.15) is 0 Å². The van der Waals surface area contributed by atoms with Crippen molar-refractivity contribution in [2.45, 2.75) is 19.8 Å². The van der Waals surface area contributed by atoms with Gasteiger partial charge in [0.05, 0.1) is 27.9 Å². The summed E-state index contributed by atoms with van der Waals surface area (Å²) in [6.45, 7) is 1.84. The van der Waals surface area contributed by atoms with Crippen LogP contribution in [0.2, 0.25) is 0 Å². The topological polar surface area (TPSA) is 39.2 Å². The van der Waals surface area contributed by atoms with Crippen LogP contribution in [0.1, 0.15) is 24.6 Å². The highest BCUT2D eigenvalue weighted by Gasteiger charge is 2.20. The van der Waals surface area contributed by atoms with Gasteiger partial charge in [0, 0.05) is 6.20 Å². The molecule has 0 atom stereocenters. The number of carbonyl (C=O) groups is 1. The largest absolute Gasteiger partial charge is 0.466 e. The molecular formula is C10H9F3INO2. The fraction of sp³-hybridized carbons (Fsp3) is 0.400. The molecule has 0 spiro atoms. The highest BCUT2D eigenvalue weighted by atomic mass is 127. The minimum atomic E-state index is -2.92. The predicted molar refractivity (Wildman–Crippen MR) is 62.2 cm³/mol. The molecule has 0 aliphatic carbocycles. The summed E-state index contributed by atoms with van der Waals surface area (Å²) in [5.74, 6) is -1.60. The lowest BCUT2D eigenvalue weighted by Crippen LogP contribution is -2.11. The van der Waals surface area contributed by atoms with Crippen LogP contribution in [0.25, 0.3) is 0 Å². The number of hydrogen-bond donors (Lipinski definition) is 0. The van der Waals surface area contributed by atoms with Gasteiger partial charge in [0.15, 0.2) is 0 Å². The molecule has 0 N–H and O–H groups in total. The normalized spacial score (nSPS) is 10.7. The van der Waals surface area contributed by atoms with E-state index in [9.17, 15) is 18.0 Å². The molecule has 1 rings (SSSR count). The molecule has 94 valence electrons. The van der Waals surface area contributed by atoms with Crippen LogP contribution < -0.4 is 0 Å². The summed E-state index contributed by atoms with van der Waals surface area (Å²) in [5, 5.41) is 0. The fourth-order valence-electron chi connectivity index (χ4n) is 1.14. The molecule has 1 aromatic rings. The molecule has 0 aliphatic rings. The summed E-state index contributed by atoms with van der Waals surface area (Å²) in [5.41, 5.74) is -0.659. The summed E-state index contributed by atoms with van der Waals surface area (Å²) in [6.07, 6.45) is -2.41. The lowest BCUT2D eigenvalue weighted by molar-refractivity contribution is -0.142. The van der Waals surface area contributed by atoms with E-state index in [0.717, 1.165) is 6.20 Å². The van der Waals surface area contributed by atoms with Crippen molar-refractivity contribution in [1.82, 2.24) is 4.98 Å². The molecule has 0 saturated carbocycles. The van der Waals surface area contributed by atoms with Gasteiger partial charge in [0.2, 0.25) is 0 Å². The minimum absolute atomic E-state index is 0.0755. The van der Waals surface area contributed by atoms with Gasteiger partial charge in [-0.3, -0.25) is 9.78 Å². The number of ether oxygens (including phenoxy) is 1. The van der Waals surface area contributed by atoms with E-state index >= 15 is 0 Å². The Balaban J connectivity index is 2.96. The second-order valence-corrected chi connectivity index (χ2v) is 4.15. The van der Waals surface area contributed by atoms with Gasteiger partial charge in [0.1, 0.15) is 5.82 Å². The Hall–Kier alpha value is -0.860. The van der Waals surface area contributed by atoms with Gasteiger partial charge >= 0.3 is 5.97 Å². The maximum absolute atomic E-state index is 13.5. The van der Waals surface area contributed by atoms with E-state index in [0.29, 0.717) is 0 Å². The quantitative estimate of drug-likeness (QED) is 0.613. The minimum Gasteiger partial charge on any atom is -0.466 e. The van der Waals surface area contributed by atoms with Gasteiger partial charge < -0.3 is 4.74 Å². The van der Waals surface area contributed by atoms with Crippen molar-refractivity contribution in [3.05, 3.63) is 26.8 Å². The molecule has 1 aromatic heterocycles. The average molecular weight is 359 g/mol. The zero-order valence-corrected chi connectivity index (χ0v) is 11.0. The van der Waals surface area contributed by atoms with E-state index in [2.05, 4.69) is 9.72 Å². The zero-order chi connectivity index (χ0) is 13.0. The molecule has 7 heteroatoms. The molecule has 0 bridgehead atoms. The molecule has 0 fully saturated rings. The maximum Gasteiger partial charge on any atom is 0.311 e. The molecule has 3 nitrogen and oxygen atoms in total. The first-order chi connectivity index (χ1) is 7.97. The first kappa shape index (κ1) is 14.2.